The molecule has 1 aromatic rings. The van der Waals surface area contributed by atoms with Gasteiger partial charge in [0.1, 0.15) is 5.82 Å². The minimum Gasteiger partial charge on any atom is -0.358 e. The first-order valence-electron chi connectivity index (χ1n) is 5.84. The summed E-state index contributed by atoms with van der Waals surface area (Å²) >= 11 is 0. The third-order valence-electron chi connectivity index (χ3n) is 3.26. The molecular formula is C13H15FN2O2. The lowest BCUT2D eigenvalue weighted by molar-refractivity contribution is -0.127. The molecule has 0 heterocycles. The van der Waals surface area contributed by atoms with Crippen molar-refractivity contribution < 1.29 is 14.0 Å². The highest BCUT2D eigenvalue weighted by molar-refractivity contribution is 5.93. The molecule has 0 spiro atoms. The minimum atomic E-state index is -0.778. The molecule has 5 heteroatoms. The maximum absolute atomic E-state index is 13.7. The first-order valence-corrected chi connectivity index (χ1v) is 5.84. The number of carbonyl (C=O) groups excluding carboxylic acids is 2. The Kier molecular flexibility index (Phi) is 3.32. The highest BCUT2D eigenvalue weighted by atomic mass is 19.1. The summed E-state index contributed by atoms with van der Waals surface area (Å²) in [5.74, 6) is -0.922. The smallest absolute Gasteiger partial charge is 0.239 e. The lowest BCUT2D eigenvalue weighted by Gasteiger charge is -2.16. The Morgan fingerprint density at radius 1 is 1.33 bits per heavy atom. The van der Waals surface area contributed by atoms with E-state index >= 15 is 0 Å². The maximum atomic E-state index is 13.7. The van der Waals surface area contributed by atoms with E-state index in [1.807, 2.05) is 0 Å². The van der Waals surface area contributed by atoms with Crippen LogP contribution in [0.5, 0.6) is 0 Å². The van der Waals surface area contributed by atoms with E-state index in [0.29, 0.717) is 18.4 Å². The second-order valence-corrected chi connectivity index (χ2v) is 4.42. The third-order valence-corrected chi connectivity index (χ3v) is 3.26. The fourth-order valence-corrected chi connectivity index (χ4v) is 2.01. The van der Waals surface area contributed by atoms with Crippen LogP contribution in [0.3, 0.4) is 0 Å². The number of carbonyl (C=O) groups is 2. The van der Waals surface area contributed by atoms with E-state index < -0.39 is 5.41 Å². The molecule has 0 radical (unpaired) electrons. The summed E-state index contributed by atoms with van der Waals surface area (Å²) in [5.41, 5.74) is -0.362. The van der Waals surface area contributed by atoms with E-state index in [0.717, 1.165) is 0 Å². The Morgan fingerprint density at radius 2 is 2.00 bits per heavy atom. The van der Waals surface area contributed by atoms with Crippen LogP contribution in [0.1, 0.15) is 18.4 Å². The normalized spacial score (nSPS) is 15.9. The van der Waals surface area contributed by atoms with Crippen molar-refractivity contribution >= 4 is 11.8 Å². The van der Waals surface area contributed by atoms with Crippen LogP contribution in [0.4, 0.5) is 4.39 Å². The molecule has 2 amide bonds. The fourth-order valence-electron chi connectivity index (χ4n) is 2.01. The zero-order chi connectivity index (χ0) is 13.2. The van der Waals surface area contributed by atoms with Gasteiger partial charge in [0.15, 0.2) is 0 Å². The Bertz CT molecular complexity index is 484. The summed E-state index contributed by atoms with van der Waals surface area (Å²) < 4.78 is 13.7. The van der Waals surface area contributed by atoms with Crippen molar-refractivity contribution in [2.24, 2.45) is 0 Å². The molecule has 4 nitrogen and oxygen atoms in total. The van der Waals surface area contributed by atoms with Gasteiger partial charge in [-0.3, -0.25) is 9.59 Å². The van der Waals surface area contributed by atoms with Gasteiger partial charge in [-0.25, -0.2) is 4.39 Å². The van der Waals surface area contributed by atoms with Crippen molar-refractivity contribution in [3.8, 4) is 0 Å². The van der Waals surface area contributed by atoms with Crippen LogP contribution >= 0.6 is 0 Å². The summed E-state index contributed by atoms with van der Waals surface area (Å²) in [5, 5.41) is 4.96. The van der Waals surface area contributed by atoms with Gasteiger partial charge in [0.2, 0.25) is 11.8 Å². The van der Waals surface area contributed by atoms with Crippen molar-refractivity contribution in [3.05, 3.63) is 35.6 Å². The summed E-state index contributed by atoms with van der Waals surface area (Å²) in [7, 11) is 1.50. The number of hydrogen-bond acceptors (Lipinski definition) is 2. The highest BCUT2D eigenvalue weighted by Crippen LogP contribution is 2.49. The average molecular weight is 250 g/mol. The quantitative estimate of drug-likeness (QED) is 0.827. The molecule has 1 fully saturated rings. The number of nitrogens with one attached hydrogen (secondary N) is 2. The summed E-state index contributed by atoms with van der Waals surface area (Å²) in [6, 6.07) is 6.28. The minimum absolute atomic E-state index is 0.0778. The van der Waals surface area contributed by atoms with Gasteiger partial charge in [0.25, 0.3) is 0 Å². The number of likely N-dealkylation sites (N-methyl/N-ethyl adjacent to an activating group) is 1. The van der Waals surface area contributed by atoms with Crippen molar-refractivity contribution in [1.82, 2.24) is 10.6 Å². The first kappa shape index (κ1) is 12.5. The SMILES string of the molecule is CNC(=O)CNC(=O)C1(c2ccccc2F)CC1. The summed E-state index contributed by atoms with van der Waals surface area (Å²) in [6.45, 7) is -0.0778. The van der Waals surface area contributed by atoms with E-state index in [1.165, 1.54) is 13.1 Å². The second kappa shape index (κ2) is 4.76. The zero-order valence-corrected chi connectivity index (χ0v) is 10.1. The van der Waals surface area contributed by atoms with Gasteiger partial charge in [-0.1, -0.05) is 18.2 Å². The predicted octanol–water partition coefficient (Wildman–Crippen LogP) is 0.720. The van der Waals surface area contributed by atoms with Gasteiger partial charge in [0.05, 0.1) is 12.0 Å². The zero-order valence-electron chi connectivity index (χ0n) is 10.1. The van der Waals surface area contributed by atoms with Crippen molar-refractivity contribution in [1.29, 1.82) is 0 Å². The summed E-state index contributed by atoms with van der Waals surface area (Å²) in [4.78, 5) is 23.1. The van der Waals surface area contributed by atoms with Gasteiger partial charge in [0, 0.05) is 12.6 Å². The molecule has 1 aromatic carbocycles. The highest BCUT2D eigenvalue weighted by Gasteiger charge is 2.52. The average Bonchev–Trinajstić information content (AvgIpc) is 3.17. The van der Waals surface area contributed by atoms with Gasteiger partial charge < -0.3 is 10.6 Å². The molecule has 0 aliphatic heterocycles. The lowest BCUT2D eigenvalue weighted by atomic mass is 9.94. The van der Waals surface area contributed by atoms with Crippen LogP contribution in [0.2, 0.25) is 0 Å². The molecular weight excluding hydrogens is 235 g/mol. The Labute approximate surface area is 105 Å². The molecule has 2 rings (SSSR count). The van der Waals surface area contributed by atoms with Crippen molar-refractivity contribution in [2.75, 3.05) is 13.6 Å². The standard InChI is InChI=1S/C13H15FN2O2/c1-15-11(17)8-16-12(18)13(6-7-13)9-4-2-3-5-10(9)14/h2-5H,6-8H2,1H3,(H,15,17)(H,16,18). The molecule has 0 aromatic heterocycles. The first-order chi connectivity index (χ1) is 8.60. The van der Waals surface area contributed by atoms with Crippen LogP contribution in [0.25, 0.3) is 0 Å². The monoisotopic (exact) mass is 250 g/mol. The predicted molar refractivity (Wildman–Crippen MR) is 64.4 cm³/mol. The van der Waals surface area contributed by atoms with E-state index in [1.54, 1.807) is 18.2 Å². The van der Waals surface area contributed by atoms with Gasteiger partial charge in [-0.2, -0.15) is 0 Å². The molecule has 0 unspecified atom stereocenters. The Hall–Kier alpha value is -1.91. The van der Waals surface area contributed by atoms with Crippen LogP contribution < -0.4 is 10.6 Å². The second-order valence-electron chi connectivity index (χ2n) is 4.42. The summed E-state index contributed by atoms with van der Waals surface area (Å²) in [6.07, 6.45) is 1.24. The lowest BCUT2D eigenvalue weighted by Crippen LogP contribution is -2.41. The number of halogens is 1. The van der Waals surface area contributed by atoms with Crippen LogP contribution in [0.15, 0.2) is 24.3 Å². The molecule has 2 N–H and O–H groups in total. The molecule has 0 atom stereocenters. The van der Waals surface area contributed by atoms with Crippen LogP contribution in [0, 0.1) is 5.82 Å². The Morgan fingerprint density at radius 3 is 2.56 bits per heavy atom. The van der Waals surface area contributed by atoms with Gasteiger partial charge >= 0.3 is 0 Å². The fraction of sp³-hybridized carbons (Fsp3) is 0.385. The molecule has 96 valence electrons. The molecule has 1 aliphatic carbocycles. The van der Waals surface area contributed by atoms with Crippen molar-refractivity contribution in [2.45, 2.75) is 18.3 Å². The number of hydrogen-bond donors (Lipinski definition) is 2. The number of benzene rings is 1. The molecule has 18 heavy (non-hydrogen) atoms. The molecule has 0 bridgehead atoms. The largest absolute Gasteiger partial charge is 0.358 e. The van der Waals surface area contributed by atoms with E-state index in [-0.39, 0.29) is 24.2 Å². The van der Waals surface area contributed by atoms with E-state index in [4.69, 9.17) is 0 Å². The Balaban J connectivity index is 2.10. The number of amides is 2. The van der Waals surface area contributed by atoms with Crippen LogP contribution in [-0.4, -0.2) is 25.4 Å². The molecule has 1 saturated carbocycles. The van der Waals surface area contributed by atoms with Crippen molar-refractivity contribution in [3.63, 3.8) is 0 Å². The van der Waals surface area contributed by atoms with Gasteiger partial charge in [-0.05, 0) is 18.9 Å². The van der Waals surface area contributed by atoms with Gasteiger partial charge in [-0.15, -0.1) is 0 Å². The maximum Gasteiger partial charge on any atom is 0.239 e. The van der Waals surface area contributed by atoms with E-state index in [2.05, 4.69) is 10.6 Å². The number of rotatable bonds is 4. The molecule has 0 saturated heterocycles. The van der Waals surface area contributed by atoms with E-state index in [9.17, 15) is 14.0 Å². The van der Waals surface area contributed by atoms with Crippen LogP contribution in [-0.2, 0) is 15.0 Å². The third kappa shape index (κ3) is 2.20. The molecule has 1 aliphatic rings. The topological polar surface area (TPSA) is 58.2 Å².